The number of carbonyl (C=O) groups excluding carboxylic acids is 2. The number of thiazole rings is 1. The van der Waals surface area contributed by atoms with Gasteiger partial charge in [-0.3, -0.25) is 9.59 Å². The molecule has 224 valence electrons. The standard InChI is InChI=1S/C34H46N2O3S.BrH/c1-4-5-6-7-8-9-10-11-12-13-14-15-21-39-33-20-19-30(23-32(33)28(3)37)34(38)35-31-18-16-17-29(22-31)24-36-26-40-25-27(36)2;/h16-20,22-23,25-26H,4-15,21,24H2,1-3H3;1H. The van der Waals surface area contributed by atoms with Crippen molar-refractivity contribution in [3.05, 3.63) is 75.7 Å². The number of ketones is 1. The minimum atomic E-state index is -0.244. The zero-order valence-corrected chi connectivity index (χ0v) is 27.5. The first-order valence-electron chi connectivity index (χ1n) is 15.1. The van der Waals surface area contributed by atoms with Crippen molar-refractivity contribution in [1.29, 1.82) is 0 Å². The quantitative estimate of drug-likeness (QED) is 0.100. The number of amides is 1. The van der Waals surface area contributed by atoms with Crippen LogP contribution in [0.3, 0.4) is 0 Å². The Balaban J connectivity index is 0.00000588. The van der Waals surface area contributed by atoms with E-state index in [-0.39, 0.29) is 28.7 Å². The number of unbranched alkanes of at least 4 members (excludes halogenated alkanes) is 11. The fourth-order valence-electron chi connectivity index (χ4n) is 4.86. The number of anilines is 1. The van der Waals surface area contributed by atoms with Crippen LogP contribution in [0.5, 0.6) is 5.75 Å². The summed E-state index contributed by atoms with van der Waals surface area (Å²) in [6.07, 6.45) is 15.5. The average Bonchev–Trinajstić information content (AvgIpc) is 3.35. The number of hydrogen-bond acceptors (Lipinski definition) is 4. The Kier molecular flexibility index (Phi) is 16.6. The normalized spacial score (nSPS) is 10.7. The van der Waals surface area contributed by atoms with Gasteiger partial charge in [-0.1, -0.05) is 101 Å². The molecule has 0 spiro atoms. The van der Waals surface area contributed by atoms with Crippen LogP contribution in [-0.2, 0) is 6.54 Å². The first-order valence-corrected chi connectivity index (χ1v) is 16.0. The summed E-state index contributed by atoms with van der Waals surface area (Å²) in [5.41, 5.74) is 6.02. The Morgan fingerprint density at radius 2 is 1.54 bits per heavy atom. The molecule has 1 amide bonds. The molecule has 0 aliphatic carbocycles. The topological polar surface area (TPSA) is 59.3 Å². The number of benzene rings is 2. The minimum absolute atomic E-state index is 0. The Labute approximate surface area is 261 Å². The predicted molar refractivity (Wildman–Crippen MR) is 166 cm³/mol. The molecule has 0 saturated heterocycles. The summed E-state index contributed by atoms with van der Waals surface area (Å²) in [5, 5.41) is 5.09. The zero-order valence-electron chi connectivity index (χ0n) is 25.1. The van der Waals surface area contributed by atoms with Crippen LogP contribution in [0.25, 0.3) is 0 Å². The van der Waals surface area contributed by atoms with Gasteiger partial charge in [0.15, 0.2) is 18.0 Å². The number of halogens is 1. The van der Waals surface area contributed by atoms with Gasteiger partial charge in [0.2, 0.25) is 5.51 Å². The van der Waals surface area contributed by atoms with E-state index in [9.17, 15) is 9.59 Å². The second-order valence-corrected chi connectivity index (χ2v) is 11.5. The molecular weight excluding hydrogens is 596 g/mol. The minimum Gasteiger partial charge on any atom is -1.00 e. The number of rotatable bonds is 19. The van der Waals surface area contributed by atoms with Crippen molar-refractivity contribution in [3.8, 4) is 5.75 Å². The summed E-state index contributed by atoms with van der Waals surface area (Å²) in [5.74, 6) is 0.202. The van der Waals surface area contributed by atoms with E-state index in [4.69, 9.17) is 4.74 Å². The number of hydrogen-bond donors (Lipinski definition) is 1. The molecule has 2 aromatic carbocycles. The number of aryl methyl sites for hydroxylation is 1. The van der Waals surface area contributed by atoms with Crippen molar-refractivity contribution in [3.63, 3.8) is 0 Å². The number of carbonyl (C=O) groups is 2. The number of nitrogens with zero attached hydrogens (tertiary/aromatic N) is 1. The Morgan fingerprint density at radius 1 is 0.878 bits per heavy atom. The molecule has 0 fully saturated rings. The lowest BCUT2D eigenvalue weighted by molar-refractivity contribution is -0.689. The Bertz CT molecular complexity index is 1210. The monoisotopic (exact) mass is 642 g/mol. The fraction of sp³-hybridized carbons (Fsp3) is 0.500. The van der Waals surface area contributed by atoms with E-state index in [0.29, 0.717) is 23.5 Å². The van der Waals surface area contributed by atoms with Gasteiger partial charge in [-0.05, 0) is 43.7 Å². The van der Waals surface area contributed by atoms with Gasteiger partial charge in [0.1, 0.15) is 5.75 Å². The molecule has 7 heteroatoms. The molecule has 0 aliphatic heterocycles. The lowest BCUT2D eigenvalue weighted by atomic mass is 10.1. The van der Waals surface area contributed by atoms with Crippen LogP contribution in [0.15, 0.2) is 53.4 Å². The molecule has 0 bridgehead atoms. The summed E-state index contributed by atoms with van der Waals surface area (Å²) >= 11 is 1.67. The maximum atomic E-state index is 13.0. The molecule has 0 atom stereocenters. The van der Waals surface area contributed by atoms with Crippen LogP contribution in [0.4, 0.5) is 5.69 Å². The lowest BCUT2D eigenvalue weighted by Crippen LogP contribution is -3.00. The summed E-state index contributed by atoms with van der Waals surface area (Å²) < 4.78 is 8.15. The van der Waals surface area contributed by atoms with Crippen molar-refractivity contribution in [2.45, 2.75) is 104 Å². The summed E-state index contributed by atoms with van der Waals surface area (Å²) in [4.78, 5) is 25.3. The lowest BCUT2D eigenvalue weighted by Gasteiger charge is -2.12. The van der Waals surface area contributed by atoms with Crippen LogP contribution in [0.2, 0.25) is 0 Å². The summed E-state index contributed by atoms with van der Waals surface area (Å²) in [6, 6.07) is 13.0. The molecule has 0 saturated carbocycles. The SMILES string of the molecule is CCCCCCCCCCCCCCOc1ccc(C(=O)Nc2cccc(C[n+]3cscc3C)c2)cc1C(C)=O.[Br-]. The van der Waals surface area contributed by atoms with Crippen molar-refractivity contribution in [2.24, 2.45) is 0 Å². The van der Waals surface area contributed by atoms with E-state index < -0.39 is 0 Å². The van der Waals surface area contributed by atoms with E-state index in [1.807, 2.05) is 18.2 Å². The highest BCUT2D eigenvalue weighted by atomic mass is 79.9. The number of nitrogens with one attached hydrogen (secondary N) is 1. The highest BCUT2D eigenvalue weighted by Gasteiger charge is 2.15. The van der Waals surface area contributed by atoms with Crippen molar-refractivity contribution >= 4 is 28.7 Å². The molecule has 1 N–H and O–H groups in total. The predicted octanol–water partition coefficient (Wildman–Crippen LogP) is 5.93. The number of Topliss-reactive ketones (excluding diaryl/α,β-unsaturated/α-hetero) is 1. The zero-order chi connectivity index (χ0) is 28.6. The second-order valence-electron chi connectivity index (χ2n) is 10.8. The van der Waals surface area contributed by atoms with Crippen molar-refractivity contribution in [1.82, 2.24) is 0 Å². The van der Waals surface area contributed by atoms with Gasteiger partial charge in [0.05, 0.1) is 17.6 Å². The Morgan fingerprint density at radius 3 is 2.15 bits per heavy atom. The first-order chi connectivity index (χ1) is 19.5. The largest absolute Gasteiger partial charge is 1.00 e. The Hall–Kier alpha value is -2.51. The van der Waals surface area contributed by atoms with Crippen molar-refractivity contribution < 1.29 is 35.9 Å². The van der Waals surface area contributed by atoms with E-state index >= 15 is 0 Å². The van der Waals surface area contributed by atoms with Crippen molar-refractivity contribution in [2.75, 3.05) is 11.9 Å². The maximum absolute atomic E-state index is 13.0. The second kappa shape index (κ2) is 19.6. The van der Waals surface area contributed by atoms with E-state index in [1.54, 1.807) is 29.5 Å². The van der Waals surface area contributed by atoms with Crippen LogP contribution < -0.4 is 31.6 Å². The third-order valence-corrected chi connectivity index (χ3v) is 8.15. The van der Waals surface area contributed by atoms with E-state index in [2.05, 4.69) is 40.7 Å². The highest BCUT2D eigenvalue weighted by molar-refractivity contribution is 7.07. The van der Waals surface area contributed by atoms with Crippen LogP contribution >= 0.6 is 11.3 Å². The third kappa shape index (κ3) is 12.5. The fourth-order valence-corrected chi connectivity index (χ4v) is 5.64. The molecular formula is C34H47BrN2O3S. The molecule has 3 rings (SSSR count). The third-order valence-electron chi connectivity index (χ3n) is 7.29. The van der Waals surface area contributed by atoms with Gasteiger partial charge in [0, 0.05) is 23.7 Å². The van der Waals surface area contributed by atoms with Gasteiger partial charge >= 0.3 is 0 Å². The smallest absolute Gasteiger partial charge is 0.255 e. The number of ether oxygens (including phenoxy) is 1. The molecule has 1 heterocycles. The first kappa shape index (κ1) is 34.7. The molecule has 3 aromatic rings. The summed E-state index contributed by atoms with van der Waals surface area (Å²) in [6.45, 7) is 7.19. The van der Waals surface area contributed by atoms with Gasteiger partial charge in [-0.25, -0.2) is 0 Å². The van der Waals surface area contributed by atoms with Crippen LogP contribution in [0, 0.1) is 6.92 Å². The number of aromatic nitrogens is 1. The van der Waals surface area contributed by atoms with E-state index in [1.165, 1.54) is 76.8 Å². The molecule has 0 aliphatic rings. The van der Waals surface area contributed by atoms with Crippen LogP contribution in [-0.4, -0.2) is 18.3 Å². The average molecular weight is 644 g/mol. The van der Waals surface area contributed by atoms with Crippen LogP contribution in [0.1, 0.15) is 123 Å². The van der Waals surface area contributed by atoms with E-state index in [0.717, 1.165) is 30.6 Å². The summed E-state index contributed by atoms with van der Waals surface area (Å²) in [7, 11) is 0. The highest BCUT2D eigenvalue weighted by Crippen LogP contribution is 2.23. The molecule has 41 heavy (non-hydrogen) atoms. The molecule has 0 radical (unpaired) electrons. The van der Waals surface area contributed by atoms with Gasteiger partial charge in [-0.2, -0.15) is 4.57 Å². The molecule has 5 nitrogen and oxygen atoms in total. The van der Waals surface area contributed by atoms with Gasteiger partial charge in [0.25, 0.3) is 5.91 Å². The molecule has 1 aromatic heterocycles. The van der Waals surface area contributed by atoms with Gasteiger partial charge in [-0.15, -0.1) is 0 Å². The van der Waals surface area contributed by atoms with Gasteiger partial charge < -0.3 is 27.0 Å². The molecule has 0 unspecified atom stereocenters. The maximum Gasteiger partial charge on any atom is 0.255 e.